The lowest BCUT2D eigenvalue weighted by atomic mass is 10.0. The summed E-state index contributed by atoms with van der Waals surface area (Å²) in [5, 5.41) is 5.59. The number of rotatable bonds is 7. The van der Waals surface area contributed by atoms with E-state index in [0.717, 1.165) is 12.0 Å². The standard InChI is InChI=1S/C22H30N4O2.ClH/c1-15(2)19(23)12-13-26(4)21(27)17-11-10-16(3)20(14-17)25-22(28)24-18-8-6-5-7-9-18;/h5-11,14-15,19H,12-13,23H2,1-4H3,(H2,24,25,28);1H. The number of hydrogen-bond donors (Lipinski definition) is 3. The predicted molar refractivity (Wildman–Crippen MR) is 122 cm³/mol. The maximum absolute atomic E-state index is 12.7. The van der Waals surface area contributed by atoms with E-state index in [0.29, 0.717) is 29.4 Å². The van der Waals surface area contributed by atoms with Crippen LogP contribution in [0.5, 0.6) is 0 Å². The minimum Gasteiger partial charge on any atom is -0.342 e. The Kier molecular flexibility index (Phi) is 9.65. The molecule has 0 bridgehead atoms. The van der Waals surface area contributed by atoms with E-state index in [1.54, 1.807) is 24.1 Å². The number of carbonyl (C=O) groups is 2. The molecule has 0 saturated heterocycles. The molecule has 0 aliphatic heterocycles. The molecular formula is C22H31ClN4O2. The van der Waals surface area contributed by atoms with Gasteiger partial charge in [-0.3, -0.25) is 4.79 Å². The summed E-state index contributed by atoms with van der Waals surface area (Å²) in [5.74, 6) is 0.282. The lowest BCUT2D eigenvalue weighted by Crippen LogP contribution is -2.34. The molecule has 2 aromatic rings. The van der Waals surface area contributed by atoms with Crippen LogP contribution in [0.4, 0.5) is 16.2 Å². The van der Waals surface area contributed by atoms with Crippen LogP contribution >= 0.6 is 12.4 Å². The highest BCUT2D eigenvalue weighted by molar-refractivity contribution is 6.02. The van der Waals surface area contributed by atoms with Crippen molar-refractivity contribution in [1.29, 1.82) is 0 Å². The van der Waals surface area contributed by atoms with Crippen molar-refractivity contribution in [2.24, 2.45) is 11.7 Å². The number of nitrogens with two attached hydrogens (primary N) is 1. The Bertz CT molecular complexity index is 812. The Morgan fingerprint density at radius 2 is 1.72 bits per heavy atom. The molecule has 1 atom stereocenters. The second kappa shape index (κ2) is 11.4. The molecule has 29 heavy (non-hydrogen) atoms. The third kappa shape index (κ3) is 7.40. The normalized spacial score (nSPS) is 11.4. The van der Waals surface area contributed by atoms with Gasteiger partial charge in [0.25, 0.3) is 5.91 Å². The Morgan fingerprint density at radius 1 is 1.07 bits per heavy atom. The van der Waals surface area contributed by atoms with Gasteiger partial charge in [-0.15, -0.1) is 12.4 Å². The second-order valence-electron chi connectivity index (χ2n) is 7.40. The van der Waals surface area contributed by atoms with Gasteiger partial charge < -0.3 is 21.3 Å². The molecule has 7 heteroatoms. The maximum atomic E-state index is 12.7. The highest BCUT2D eigenvalue weighted by Gasteiger charge is 2.16. The first-order chi connectivity index (χ1) is 13.3. The number of amides is 3. The first-order valence-electron chi connectivity index (χ1n) is 9.52. The molecule has 0 aromatic heterocycles. The van der Waals surface area contributed by atoms with Crippen LogP contribution in [0, 0.1) is 12.8 Å². The van der Waals surface area contributed by atoms with E-state index in [4.69, 9.17) is 5.73 Å². The van der Waals surface area contributed by atoms with Gasteiger partial charge in [-0.25, -0.2) is 4.79 Å². The quantitative estimate of drug-likeness (QED) is 0.618. The fourth-order valence-corrected chi connectivity index (χ4v) is 2.69. The zero-order valence-corrected chi connectivity index (χ0v) is 18.3. The first kappa shape index (κ1) is 24.5. The zero-order chi connectivity index (χ0) is 20.7. The second-order valence-corrected chi connectivity index (χ2v) is 7.40. The number of hydrogen-bond acceptors (Lipinski definition) is 3. The van der Waals surface area contributed by atoms with E-state index < -0.39 is 0 Å². The van der Waals surface area contributed by atoms with Crippen molar-refractivity contribution in [3.63, 3.8) is 0 Å². The van der Waals surface area contributed by atoms with Crippen molar-refractivity contribution >= 4 is 35.7 Å². The SMILES string of the molecule is Cc1ccc(C(=O)N(C)CCC(N)C(C)C)cc1NC(=O)Nc1ccccc1.Cl. The zero-order valence-electron chi connectivity index (χ0n) is 17.4. The van der Waals surface area contributed by atoms with Crippen LogP contribution in [0.25, 0.3) is 0 Å². The number of carbonyl (C=O) groups excluding carboxylic acids is 2. The molecule has 3 amide bonds. The molecule has 0 aliphatic rings. The van der Waals surface area contributed by atoms with Crippen molar-refractivity contribution in [2.75, 3.05) is 24.2 Å². The lowest BCUT2D eigenvalue weighted by molar-refractivity contribution is 0.0789. The largest absolute Gasteiger partial charge is 0.342 e. The predicted octanol–water partition coefficient (Wildman–Crippen LogP) is 4.51. The summed E-state index contributed by atoms with van der Waals surface area (Å²) >= 11 is 0. The van der Waals surface area contributed by atoms with Crippen molar-refractivity contribution in [3.05, 3.63) is 59.7 Å². The third-order valence-electron chi connectivity index (χ3n) is 4.77. The fourth-order valence-electron chi connectivity index (χ4n) is 2.69. The van der Waals surface area contributed by atoms with Gasteiger partial charge in [0.1, 0.15) is 0 Å². The molecule has 0 aliphatic carbocycles. The summed E-state index contributed by atoms with van der Waals surface area (Å²) in [6.07, 6.45) is 0.746. The highest BCUT2D eigenvalue weighted by Crippen LogP contribution is 2.19. The molecule has 0 fully saturated rings. The monoisotopic (exact) mass is 418 g/mol. The van der Waals surface area contributed by atoms with Gasteiger partial charge in [0, 0.05) is 36.6 Å². The van der Waals surface area contributed by atoms with E-state index in [2.05, 4.69) is 24.5 Å². The molecule has 0 radical (unpaired) electrons. The van der Waals surface area contributed by atoms with Gasteiger partial charge >= 0.3 is 6.03 Å². The van der Waals surface area contributed by atoms with Gasteiger partial charge in [-0.1, -0.05) is 38.1 Å². The number of anilines is 2. The molecule has 0 saturated carbocycles. The van der Waals surface area contributed by atoms with E-state index >= 15 is 0 Å². The topological polar surface area (TPSA) is 87.5 Å². The van der Waals surface area contributed by atoms with Gasteiger partial charge in [-0.2, -0.15) is 0 Å². The van der Waals surface area contributed by atoms with Crippen LogP contribution in [-0.4, -0.2) is 36.5 Å². The molecule has 2 aromatic carbocycles. The van der Waals surface area contributed by atoms with Crippen LogP contribution in [0.3, 0.4) is 0 Å². The van der Waals surface area contributed by atoms with Crippen molar-refractivity contribution in [2.45, 2.75) is 33.2 Å². The van der Waals surface area contributed by atoms with Gasteiger partial charge in [0.15, 0.2) is 0 Å². The number of aryl methyl sites for hydroxylation is 1. The van der Waals surface area contributed by atoms with E-state index in [9.17, 15) is 9.59 Å². The van der Waals surface area contributed by atoms with Crippen LogP contribution in [0.2, 0.25) is 0 Å². The summed E-state index contributed by atoms with van der Waals surface area (Å²) in [6, 6.07) is 14.2. The average molecular weight is 419 g/mol. The molecule has 0 spiro atoms. The smallest absolute Gasteiger partial charge is 0.323 e. The fraction of sp³-hybridized carbons (Fsp3) is 0.364. The molecule has 0 heterocycles. The lowest BCUT2D eigenvalue weighted by Gasteiger charge is -2.22. The van der Waals surface area contributed by atoms with Gasteiger partial charge in [0.2, 0.25) is 0 Å². The number of urea groups is 1. The molecule has 2 rings (SSSR count). The van der Waals surface area contributed by atoms with Crippen molar-refractivity contribution < 1.29 is 9.59 Å². The van der Waals surface area contributed by atoms with E-state index in [1.165, 1.54) is 0 Å². The van der Waals surface area contributed by atoms with Crippen LogP contribution in [0.15, 0.2) is 48.5 Å². The van der Waals surface area contributed by atoms with Crippen molar-refractivity contribution in [1.82, 2.24) is 4.90 Å². The molecule has 158 valence electrons. The number of nitrogens with zero attached hydrogens (tertiary/aromatic N) is 1. The Balaban J connectivity index is 0.00000420. The van der Waals surface area contributed by atoms with Crippen molar-refractivity contribution in [3.8, 4) is 0 Å². The Morgan fingerprint density at radius 3 is 2.34 bits per heavy atom. The molecule has 4 N–H and O–H groups in total. The third-order valence-corrected chi connectivity index (χ3v) is 4.77. The maximum Gasteiger partial charge on any atom is 0.323 e. The molecule has 6 nitrogen and oxygen atoms in total. The summed E-state index contributed by atoms with van der Waals surface area (Å²) < 4.78 is 0. The minimum atomic E-state index is -0.352. The number of benzene rings is 2. The molecule has 1 unspecified atom stereocenters. The van der Waals surface area contributed by atoms with Crippen LogP contribution < -0.4 is 16.4 Å². The average Bonchev–Trinajstić information content (AvgIpc) is 2.67. The summed E-state index contributed by atoms with van der Waals surface area (Å²) in [7, 11) is 1.77. The van der Waals surface area contributed by atoms with E-state index in [1.807, 2.05) is 43.3 Å². The Hall–Kier alpha value is -2.57. The van der Waals surface area contributed by atoms with Crippen LogP contribution in [0.1, 0.15) is 36.2 Å². The van der Waals surface area contributed by atoms with E-state index in [-0.39, 0.29) is 30.4 Å². The van der Waals surface area contributed by atoms with Crippen LogP contribution in [-0.2, 0) is 0 Å². The summed E-state index contributed by atoms with van der Waals surface area (Å²) in [6.45, 7) is 6.62. The number of para-hydroxylation sites is 1. The number of halogens is 1. The Labute approximate surface area is 179 Å². The first-order valence-corrected chi connectivity index (χ1v) is 9.52. The van der Waals surface area contributed by atoms with Gasteiger partial charge in [0.05, 0.1) is 0 Å². The summed E-state index contributed by atoms with van der Waals surface area (Å²) in [5.41, 5.74) is 8.78. The summed E-state index contributed by atoms with van der Waals surface area (Å²) in [4.78, 5) is 26.7. The minimum absolute atomic E-state index is 0. The highest BCUT2D eigenvalue weighted by atomic mass is 35.5. The van der Waals surface area contributed by atoms with Gasteiger partial charge in [-0.05, 0) is 49.1 Å². The molecular weight excluding hydrogens is 388 g/mol. The number of nitrogens with one attached hydrogen (secondary N) is 2.